The molecule has 0 unspecified atom stereocenters. The smallest absolute Gasteiger partial charge is 0.250 e. The molecule has 4 nitrogen and oxygen atoms in total. The second-order valence-corrected chi connectivity index (χ2v) is 7.78. The normalized spacial score (nSPS) is 13.3. The Morgan fingerprint density at radius 1 is 1.20 bits per heavy atom. The Morgan fingerprint density at radius 3 is 2.45 bits per heavy atom. The van der Waals surface area contributed by atoms with Gasteiger partial charge in [0.05, 0.1) is 6.61 Å². The van der Waals surface area contributed by atoms with E-state index in [0.29, 0.717) is 6.42 Å². The van der Waals surface area contributed by atoms with Crippen LogP contribution in [0.3, 0.4) is 0 Å². The van der Waals surface area contributed by atoms with Gasteiger partial charge in [-0.05, 0) is 31.0 Å². The van der Waals surface area contributed by atoms with Crippen LogP contribution in [0.2, 0.25) is 0 Å². The third kappa shape index (κ3) is 3.89. The van der Waals surface area contributed by atoms with Crippen molar-refractivity contribution in [2.45, 2.75) is 23.6 Å². The van der Waals surface area contributed by atoms with Crippen molar-refractivity contribution in [1.82, 2.24) is 4.72 Å². The monoisotopic (exact) mass is 311 g/mol. The highest BCUT2D eigenvalue weighted by Crippen LogP contribution is 2.20. The van der Waals surface area contributed by atoms with Crippen molar-refractivity contribution < 1.29 is 13.5 Å². The van der Waals surface area contributed by atoms with Crippen molar-refractivity contribution in [2.75, 3.05) is 6.61 Å². The molecule has 0 bridgehead atoms. The average molecular weight is 311 g/mol. The molecule has 2 rings (SSSR count). The first-order chi connectivity index (χ1) is 9.51. The molecule has 1 heterocycles. The van der Waals surface area contributed by atoms with Gasteiger partial charge in [0.15, 0.2) is 0 Å². The van der Waals surface area contributed by atoms with Gasteiger partial charge in [0.25, 0.3) is 0 Å². The number of hydrogen-bond donors (Lipinski definition) is 2. The fourth-order valence-electron chi connectivity index (χ4n) is 1.88. The molecule has 0 aliphatic heterocycles. The molecule has 0 aliphatic carbocycles. The van der Waals surface area contributed by atoms with Crippen molar-refractivity contribution >= 4 is 21.4 Å². The molecule has 0 saturated carbocycles. The van der Waals surface area contributed by atoms with Gasteiger partial charge in [-0.1, -0.05) is 30.3 Å². The molecular formula is C14H17NO3S2. The number of hydrogen-bond acceptors (Lipinski definition) is 4. The van der Waals surface area contributed by atoms with Crippen LogP contribution in [-0.4, -0.2) is 26.2 Å². The predicted molar refractivity (Wildman–Crippen MR) is 80.4 cm³/mol. The SMILES string of the molecule is Cc1ccc(S(=O)(=O)N[C@@H](CO)Cc2ccccc2)s1. The average Bonchev–Trinajstić information content (AvgIpc) is 2.86. The van der Waals surface area contributed by atoms with Gasteiger partial charge in [-0.15, -0.1) is 11.3 Å². The minimum atomic E-state index is -3.56. The van der Waals surface area contributed by atoms with Crippen LogP contribution in [0.4, 0.5) is 0 Å². The van der Waals surface area contributed by atoms with E-state index in [1.165, 1.54) is 11.3 Å². The summed E-state index contributed by atoms with van der Waals surface area (Å²) in [4.78, 5) is 0.939. The molecule has 0 radical (unpaired) electrons. The highest BCUT2D eigenvalue weighted by molar-refractivity contribution is 7.91. The number of sulfonamides is 1. The van der Waals surface area contributed by atoms with E-state index in [1.54, 1.807) is 12.1 Å². The highest BCUT2D eigenvalue weighted by atomic mass is 32.2. The number of rotatable bonds is 6. The molecule has 0 spiro atoms. The summed E-state index contributed by atoms with van der Waals surface area (Å²) in [7, 11) is -3.56. The van der Waals surface area contributed by atoms with Gasteiger partial charge in [-0.25, -0.2) is 13.1 Å². The number of aliphatic hydroxyl groups excluding tert-OH is 1. The van der Waals surface area contributed by atoms with Crippen molar-refractivity contribution in [3.63, 3.8) is 0 Å². The molecule has 0 fully saturated rings. The van der Waals surface area contributed by atoms with Gasteiger partial charge in [-0.2, -0.15) is 0 Å². The van der Waals surface area contributed by atoms with E-state index >= 15 is 0 Å². The molecule has 6 heteroatoms. The van der Waals surface area contributed by atoms with E-state index < -0.39 is 16.1 Å². The van der Waals surface area contributed by atoms with E-state index in [-0.39, 0.29) is 10.8 Å². The molecule has 0 saturated heterocycles. The van der Waals surface area contributed by atoms with Gasteiger partial charge >= 0.3 is 0 Å². The molecule has 1 atom stereocenters. The van der Waals surface area contributed by atoms with Gasteiger partial charge in [0.2, 0.25) is 10.0 Å². The standard InChI is InChI=1S/C14H17NO3S2/c1-11-7-8-14(19-11)20(17,18)15-13(10-16)9-12-5-3-2-4-6-12/h2-8,13,15-16H,9-10H2,1H3/t13-/m1/s1. The van der Waals surface area contributed by atoms with Crippen LogP contribution in [0, 0.1) is 6.92 Å². The Balaban J connectivity index is 2.10. The summed E-state index contributed by atoms with van der Waals surface area (Å²) in [5.41, 5.74) is 0.983. The fourth-order valence-corrected chi connectivity index (χ4v) is 4.40. The molecule has 0 amide bonds. The fraction of sp³-hybridized carbons (Fsp3) is 0.286. The zero-order chi connectivity index (χ0) is 14.6. The Labute approximate surface area is 123 Å². The Hall–Kier alpha value is -1.21. The number of aliphatic hydroxyl groups is 1. The molecule has 1 aromatic carbocycles. The first-order valence-corrected chi connectivity index (χ1v) is 8.55. The number of thiophene rings is 1. The predicted octanol–water partition coefficient (Wildman–Crippen LogP) is 1.94. The van der Waals surface area contributed by atoms with Crippen LogP contribution in [0.1, 0.15) is 10.4 Å². The lowest BCUT2D eigenvalue weighted by Gasteiger charge is -2.15. The minimum absolute atomic E-state index is 0.238. The summed E-state index contributed by atoms with van der Waals surface area (Å²) >= 11 is 1.22. The summed E-state index contributed by atoms with van der Waals surface area (Å²) in [5.74, 6) is 0. The van der Waals surface area contributed by atoms with Gasteiger partial charge in [-0.3, -0.25) is 0 Å². The van der Waals surface area contributed by atoms with E-state index in [4.69, 9.17) is 0 Å². The Kier molecular flexibility index (Phi) is 4.93. The first kappa shape index (κ1) is 15.2. The van der Waals surface area contributed by atoms with Crippen LogP contribution >= 0.6 is 11.3 Å². The lowest BCUT2D eigenvalue weighted by molar-refractivity contribution is 0.256. The third-order valence-electron chi connectivity index (χ3n) is 2.85. The Morgan fingerprint density at radius 2 is 1.90 bits per heavy atom. The maximum Gasteiger partial charge on any atom is 0.250 e. The molecule has 0 aliphatic rings. The lowest BCUT2D eigenvalue weighted by atomic mass is 10.1. The first-order valence-electron chi connectivity index (χ1n) is 6.25. The lowest BCUT2D eigenvalue weighted by Crippen LogP contribution is -2.38. The summed E-state index contributed by atoms with van der Waals surface area (Å²) in [6, 6.07) is 12.3. The van der Waals surface area contributed by atoms with E-state index in [2.05, 4.69) is 4.72 Å². The summed E-state index contributed by atoms with van der Waals surface area (Å²) in [6.07, 6.45) is 0.459. The molecular weight excluding hydrogens is 294 g/mol. The molecule has 1 aromatic heterocycles. The zero-order valence-electron chi connectivity index (χ0n) is 11.1. The van der Waals surface area contributed by atoms with E-state index in [0.717, 1.165) is 10.4 Å². The van der Waals surface area contributed by atoms with Gasteiger partial charge in [0, 0.05) is 10.9 Å². The molecule has 2 aromatic rings. The van der Waals surface area contributed by atoms with Gasteiger partial charge in [0.1, 0.15) is 4.21 Å². The quantitative estimate of drug-likeness (QED) is 0.857. The van der Waals surface area contributed by atoms with Crippen LogP contribution in [0.15, 0.2) is 46.7 Å². The molecule has 20 heavy (non-hydrogen) atoms. The van der Waals surface area contributed by atoms with E-state index in [9.17, 15) is 13.5 Å². The second-order valence-electron chi connectivity index (χ2n) is 4.56. The topological polar surface area (TPSA) is 66.4 Å². The number of aryl methyl sites for hydroxylation is 1. The highest BCUT2D eigenvalue weighted by Gasteiger charge is 2.21. The van der Waals surface area contributed by atoms with Crippen LogP contribution in [0.5, 0.6) is 0 Å². The van der Waals surface area contributed by atoms with Crippen LogP contribution < -0.4 is 4.72 Å². The van der Waals surface area contributed by atoms with E-state index in [1.807, 2.05) is 37.3 Å². The van der Waals surface area contributed by atoms with Crippen molar-refractivity contribution in [3.8, 4) is 0 Å². The summed E-state index contributed by atoms with van der Waals surface area (Å²) in [5, 5.41) is 9.38. The third-order valence-corrected chi connectivity index (χ3v) is 5.86. The van der Waals surface area contributed by atoms with Crippen molar-refractivity contribution in [1.29, 1.82) is 0 Å². The second kappa shape index (κ2) is 6.49. The van der Waals surface area contributed by atoms with Crippen molar-refractivity contribution in [2.24, 2.45) is 0 Å². The van der Waals surface area contributed by atoms with Crippen molar-refractivity contribution in [3.05, 3.63) is 52.9 Å². The largest absolute Gasteiger partial charge is 0.395 e. The summed E-state index contributed by atoms with van der Waals surface area (Å²) in [6.45, 7) is 1.62. The Bertz CT molecular complexity index is 650. The number of nitrogens with one attached hydrogen (secondary N) is 1. The molecule has 2 N–H and O–H groups in total. The van der Waals surface area contributed by atoms with Crippen LogP contribution in [0.25, 0.3) is 0 Å². The maximum atomic E-state index is 12.2. The summed E-state index contributed by atoms with van der Waals surface area (Å²) < 4.78 is 27.2. The zero-order valence-corrected chi connectivity index (χ0v) is 12.7. The minimum Gasteiger partial charge on any atom is -0.395 e. The molecule has 108 valence electrons. The number of benzene rings is 1. The maximum absolute atomic E-state index is 12.2. The van der Waals surface area contributed by atoms with Gasteiger partial charge < -0.3 is 5.11 Å². The van der Waals surface area contributed by atoms with Crippen LogP contribution in [-0.2, 0) is 16.4 Å².